The number of rotatable bonds is 19. The highest BCUT2D eigenvalue weighted by Crippen LogP contribution is 2.39. The average molecular weight is 1170 g/mol. The molecule has 2 atom stereocenters. The quantitative estimate of drug-likeness (QED) is 0.0472. The van der Waals surface area contributed by atoms with Crippen molar-refractivity contribution in [1.29, 1.82) is 0 Å². The van der Waals surface area contributed by atoms with Gasteiger partial charge in [-0.15, -0.1) is 20.4 Å². The molecule has 6 aromatic heterocycles. The van der Waals surface area contributed by atoms with E-state index in [1.807, 2.05) is 117 Å². The molecule has 0 amide bonds. The summed E-state index contributed by atoms with van der Waals surface area (Å²) < 4.78 is 43.2. The molecule has 5 N–H and O–H groups in total. The number of aliphatic hydroxyl groups is 2. The van der Waals surface area contributed by atoms with E-state index >= 15 is 0 Å². The first-order valence-corrected chi connectivity index (χ1v) is 27.4. The summed E-state index contributed by atoms with van der Waals surface area (Å²) in [7, 11) is 0. The van der Waals surface area contributed by atoms with E-state index < -0.39 is 24.0 Å². The Balaban J connectivity index is 0.000000185. The minimum atomic E-state index is -5.08. The van der Waals surface area contributed by atoms with Gasteiger partial charge in [0.05, 0.1) is 49.9 Å². The number of aliphatic hydroxyl groups excluding tert-OH is 2. The molecule has 0 bridgehead atoms. The Hall–Kier alpha value is -9.80. The molecule has 0 saturated carbocycles. The van der Waals surface area contributed by atoms with Gasteiger partial charge >= 0.3 is 12.1 Å². The lowest BCUT2D eigenvalue weighted by atomic mass is 9.96. The van der Waals surface area contributed by atoms with Gasteiger partial charge in [0.25, 0.3) is 0 Å². The van der Waals surface area contributed by atoms with Crippen LogP contribution in [0.4, 0.5) is 24.8 Å². The van der Waals surface area contributed by atoms with Crippen molar-refractivity contribution in [3.05, 3.63) is 205 Å². The van der Waals surface area contributed by atoms with Crippen LogP contribution in [0.5, 0.6) is 0 Å². The second-order valence-electron chi connectivity index (χ2n) is 20.3. The SMILES string of the molecule is CC1(C)OCC(CCC(=O)c2cncc(-c3nnc(NCc4ccccn4)c4c(-c5ccccc5)cccc34)c2)O1.O=C(CCC(O)CO)c1cncc(-c2nnc(NCc3ccccn3)c3c(-c4ccccc4)cccc23)c1.O=C(O)C(F)(F)F. The molecule has 1 fully saturated rings. The number of Topliss-reactive ketones (excluding diaryl/α,β-unsaturated/α-hetero) is 2. The molecule has 18 nitrogen and oxygen atoms in total. The number of pyridine rings is 4. The van der Waals surface area contributed by atoms with Crippen LogP contribution in [0, 0.1) is 0 Å². The van der Waals surface area contributed by atoms with Crippen molar-refractivity contribution in [2.45, 2.75) is 76.8 Å². The Bertz CT molecular complexity index is 3950. The Kier molecular flexibility index (Phi) is 19.9. The van der Waals surface area contributed by atoms with Crippen molar-refractivity contribution in [3.8, 4) is 44.8 Å². The first kappa shape index (κ1) is 60.8. The summed E-state index contributed by atoms with van der Waals surface area (Å²) >= 11 is 0. The molecule has 0 spiro atoms. The van der Waals surface area contributed by atoms with Gasteiger partial charge in [0.15, 0.2) is 29.0 Å². The van der Waals surface area contributed by atoms with Crippen molar-refractivity contribution in [2.24, 2.45) is 0 Å². The molecule has 438 valence electrons. The zero-order valence-corrected chi connectivity index (χ0v) is 46.7. The highest BCUT2D eigenvalue weighted by molar-refractivity contribution is 6.10. The largest absolute Gasteiger partial charge is 0.490 e. The molecule has 2 unspecified atom stereocenters. The van der Waals surface area contributed by atoms with Crippen molar-refractivity contribution in [1.82, 2.24) is 40.3 Å². The summed E-state index contributed by atoms with van der Waals surface area (Å²) in [6, 6.07) is 47.7. The van der Waals surface area contributed by atoms with Crippen LogP contribution in [0.3, 0.4) is 0 Å². The maximum atomic E-state index is 13.1. The molecule has 1 aliphatic rings. The number of nitrogens with one attached hydrogen (secondary N) is 2. The number of halogens is 3. The lowest BCUT2D eigenvalue weighted by molar-refractivity contribution is -0.192. The number of aliphatic carboxylic acids is 1. The first-order valence-electron chi connectivity index (χ1n) is 27.4. The zero-order valence-electron chi connectivity index (χ0n) is 46.7. The minimum absolute atomic E-state index is 0.00328. The van der Waals surface area contributed by atoms with E-state index in [9.17, 15) is 27.9 Å². The molecule has 10 aromatic rings. The van der Waals surface area contributed by atoms with Crippen LogP contribution in [0.2, 0.25) is 0 Å². The Morgan fingerprint density at radius 3 is 1.50 bits per heavy atom. The summed E-state index contributed by atoms with van der Waals surface area (Å²) in [5, 5.41) is 54.6. The number of carboxylic acid groups (broad SMARTS) is 1. The minimum Gasteiger partial charge on any atom is -0.475 e. The van der Waals surface area contributed by atoms with E-state index in [1.165, 1.54) is 6.20 Å². The standard InChI is InChI=1S/C33H31N5O3.C30H27N5O3.C2HF3O2/c1-33(2)40-21-26(41-33)14-15-29(39)23-17-24(19-34-18-23)31-28-13-8-12-27(22-9-4-3-5-10-22)30(28)32(38-37-31)36-20-25-11-6-7-16-35-25;36-19-24(37)12-13-27(38)21-15-22(17-31-16-21)29-26-11-6-10-25(20-7-2-1-3-8-20)28(26)30(35-34-29)33-18-23-9-4-5-14-32-23;3-2(4,5)1(6)7/h3-13,16-19,26H,14-15,20-21H2,1-2H3,(H,36,38);1-11,14-17,24,36-37H,12-13,18-19H2,(H,33,35);(H,6,7). The number of hydrogen-bond donors (Lipinski definition) is 5. The molecule has 0 aliphatic carbocycles. The zero-order chi connectivity index (χ0) is 60.6. The van der Waals surface area contributed by atoms with Gasteiger partial charge in [0, 0.05) is 93.8 Å². The van der Waals surface area contributed by atoms with Crippen LogP contribution in [0.15, 0.2) is 183 Å². The maximum absolute atomic E-state index is 13.1. The number of nitrogens with zero attached hydrogens (tertiary/aromatic N) is 8. The van der Waals surface area contributed by atoms with E-state index in [1.54, 1.807) is 37.1 Å². The number of aromatic nitrogens is 8. The van der Waals surface area contributed by atoms with Gasteiger partial charge in [-0.3, -0.25) is 29.5 Å². The number of anilines is 2. The van der Waals surface area contributed by atoms with Crippen molar-refractivity contribution in [2.75, 3.05) is 23.8 Å². The van der Waals surface area contributed by atoms with Gasteiger partial charge in [-0.25, -0.2) is 4.79 Å². The molecular formula is C65H59F3N10O8. The van der Waals surface area contributed by atoms with Gasteiger partial charge in [-0.2, -0.15) is 13.2 Å². The fourth-order valence-electron chi connectivity index (χ4n) is 9.48. The van der Waals surface area contributed by atoms with Crippen LogP contribution in [0.25, 0.3) is 66.3 Å². The van der Waals surface area contributed by atoms with Gasteiger partial charge in [-0.05, 0) is 85.3 Å². The predicted octanol–water partition coefficient (Wildman–Crippen LogP) is 11.8. The predicted molar refractivity (Wildman–Crippen MR) is 318 cm³/mol. The number of ether oxygens (including phenoxy) is 2. The summed E-state index contributed by atoms with van der Waals surface area (Å²) in [6.07, 6.45) is 5.15. The third-order valence-corrected chi connectivity index (χ3v) is 13.7. The average Bonchev–Trinajstić information content (AvgIpc) is 1.78. The number of fused-ring (bicyclic) bond motifs is 2. The first-order chi connectivity index (χ1) is 41.5. The molecule has 86 heavy (non-hydrogen) atoms. The van der Waals surface area contributed by atoms with Gasteiger partial charge < -0.3 is 35.4 Å². The molecule has 1 aliphatic heterocycles. The molecule has 11 rings (SSSR count). The highest BCUT2D eigenvalue weighted by Gasteiger charge is 2.38. The third-order valence-electron chi connectivity index (χ3n) is 13.7. The third kappa shape index (κ3) is 15.7. The summed E-state index contributed by atoms with van der Waals surface area (Å²) in [6.45, 7) is 4.87. The lowest BCUT2D eigenvalue weighted by Crippen LogP contribution is -2.21. The number of ketones is 2. The summed E-state index contributed by atoms with van der Waals surface area (Å²) in [4.78, 5) is 52.3. The molecule has 0 radical (unpaired) electrons. The Morgan fingerprint density at radius 1 is 0.616 bits per heavy atom. The van der Waals surface area contributed by atoms with Crippen LogP contribution < -0.4 is 10.6 Å². The number of benzene rings is 4. The van der Waals surface area contributed by atoms with E-state index in [0.29, 0.717) is 72.3 Å². The fraction of sp³-hybridized carbons (Fsp3) is 0.215. The van der Waals surface area contributed by atoms with Crippen molar-refractivity contribution < 1.29 is 52.3 Å². The highest BCUT2D eigenvalue weighted by atomic mass is 19.4. The maximum Gasteiger partial charge on any atom is 0.490 e. The van der Waals surface area contributed by atoms with E-state index in [4.69, 9.17) is 24.5 Å². The molecule has 1 saturated heterocycles. The molecule has 4 aromatic carbocycles. The van der Waals surface area contributed by atoms with Gasteiger partial charge in [-0.1, -0.05) is 109 Å². The van der Waals surface area contributed by atoms with E-state index in [2.05, 4.69) is 87.4 Å². The van der Waals surface area contributed by atoms with Gasteiger partial charge in [0.1, 0.15) is 11.4 Å². The topological polar surface area (TPSA) is 258 Å². The molecule has 21 heteroatoms. The number of carboxylic acids is 1. The summed E-state index contributed by atoms with van der Waals surface area (Å²) in [5.74, 6) is -2.23. The number of hydrogen-bond acceptors (Lipinski definition) is 17. The van der Waals surface area contributed by atoms with Crippen molar-refractivity contribution in [3.63, 3.8) is 0 Å². The molecule has 7 heterocycles. The van der Waals surface area contributed by atoms with Gasteiger partial charge in [0.2, 0.25) is 0 Å². The normalized spacial score (nSPS) is 13.8. The van der Waals surface area contributed by atoms with Crippen LogP contribution >= 0.6 is 0 Å². The van der Waals surface area contributed by atoms with Crippen LogP contribution in [0.1, 0.15) is 71.6 Å². The number of carbonyl (C=O) groups excluding carboxylic acids is 2. The number of alkyl halides is 3. The summed E-state index contributed by atoms with van der Waals surface area (Å²) in [5.41, 5.74) is 9.55. The Morgan fingerprint density at radius 2 is 1.08 bits per heavy atom. The fourth-order valence-corrected chi connectivity index (χ4v) is 9.48. The Labute approximate surface area is 492 Å². The second-order valence-corrected chi connectivity index (χ2v) is 20.3. The van der Waals surface area contributed by atoms with Crippen LogP contribution in [-0.2, 0) is 27.4 Å². The van der Waals surface area contributed by atoms with Crippen molar-refractivity contribution >= 4 is 50.7 Å². The lowest BCUT2D eigenvalue weighted by Gasteiger charge is -2.17. The smallest absolute Gasteiger partial charge is 0.475 e. The van der Waals surface area contributed by atoms with Crippen LogP contribution in [-0.4, -0.2) is 111 Å². The monoisotopic (exact) mass is 1160 g/mol. The molecular weight excluding hydrogens is 1110 g/mol. The van der Waals surface area contributed by atoms with E-state index in [0.717, 1.165) is 60.8 Å². The number of carbonyl (C=O) groups is 3. The second kappa shape index (κ2) is 28.2. The van der Waals surface area contributed by atoms with E-state index in [-0.39, 0.29) is 37.1 Å².